The van der Waals surface area contributed by atoms with Gasteiger partial charge in [-0.3, -0.25) is 4.79 Å². The topological polar surface area (TPSA) is 68.5 Å². The van der Waals surface area contributed by atoms with Crippen molar-refractivity contribution < 1.29 is 14.1 Å². The first-order valence-corrected chi connectivity index (χ1v) is 8.56. The molecule has 1 aromatic heterocycles. The van der Waals surface area contributed by atoms with Gasteiger partial charge in [0.05, 0.1) is 7.11 Å². The average Bonchev–Trinajstić information content (AvgIpc) is 3.29. The number of amides is 1. The lowest BCUT2D eigenvalue weighted by Crippen LogP contribution is -2.24. The number of benzene rings is 2. The molecule has 1 amide bonds. The molecule has 0 spiro atoms. The molecule has 2 aromatic carbocycles. The smallest absolute Gasteiger partial charge is 0.257 e. The Kier molecular flexibility index (Phi) is 4.34. The van der Waals surface area contributed by atoms with E-state index in [1.54, 1.807) is 24.1 Å². The maximum absolute atomic E-state index is 12.4. The number of hydrogen-bond donors (Lipinski definition) is 0. The van der Waals surface area contributed by atoms with E-state index in [1.165, 1.54) is 0 Å². The summed E-state index contributed by atoms with van der Waals surface area (Å²) in [7, 11) is 1.61. The molecular formula is C19H16ClN3O3. The van der Waals surface area contributed by atoms with Crippen molar-refractivity contribution in [1.29, 1.82) is 0 Å². The van der Waals surface area contributed by atoms with Crippen LogP contribution in [0.15, 0.2) is 53.1 Å². The molecule has 0 radical (unpaired) electrons. The molecule has 2 heterocycles. The van der Waals surface area contributed by atoms with Gasteiger partial charge < -0.3 is 14.2 Å². The number of nitrogens with zero attached hydrogens (tertiary/aromatic N) is 3. The summed E-state index contributed by atoms with van der Waals surface area (Å²) < 4.78 is 10.5. The first kappa shape index (κ1) is 16.6. The molecule has 7 heteroatoms. The number of ether oxygens (including phenoxy) is 1. The van der Waals surface area contributed by atoms with Crippen LogP contribution >= 0.6 is 11.6 Å². The summed E-state index contributed by atoms with van der Waals surface area (Å²) in [6.45, 7) is 0.516. The fourth-order valence-electron chi connectivity index (χ4n) is 3.00. The van der Waals surface area contributed by atoms with Gasteiger partial charge in [0.1, 0.15) is 5.75 Å². The Labute approximate surface area is 155 Å². The highest BCUT2D eigenvalue weighted by molar-refractivity contribution is 6.30. The van der Waals surface area contributed by atoms with Crippen LogP contribution in [0.5, 0.6) is 5.75 Å². The maximum Gasteiger partial charge on any atom is 0.257 e. The van der Waals surface area contributed by atoms with Crippen LogP contribution in [0.3, 0.4) is 0 Å². The molecule has 0 saturated carbocycles. The molecule has 1 aliphatic heterocycles. The predicted octanol–water partition coefficient (Wildman–Crippen LogP) is 3.92. The van der Waals surface area contributed by atoms with Gasteiger partial charge in [-0.1, -0.05) is 16.8 Å². The van der Waals surface area contributed by atoms with E-state index in [2.05, 4.69) is 10.1 Å². The number of aromatic nitrogens is 2. The molecular weight excluding hydrogens is 354 g/mol. The number of hydrogen-bond acceptors (Lipinski definition) is 5. The minimum absolute atomic E-state index is 0.0353. The molecule has 1 fully saturated rings. The number of halogens is 1. The van der Waals surface area contributed by atoms with Gasteiger partial charge in [-0.15, -0.1) is 0 Å². The third-order valence-corrected chi connectivity index (χ3v) is 4.66. The van der Waals surface area contributed by atoms with E-state index >= 15 is 0 Å². The molecule has 0 bridgehead atoms. The van der Waals surface area contributed by atoms with Gasteiger partial charge >= 0.3 is 0 Å². The second kappa shape index (κ2) is 6.80. The summed E-state index contributed by atoms with van der Waals surface area (Å²) in [6, 6.07) is 14.6. The Morgan fingerprint density at radius 3 is 2.58 bits per heavy atom. The molecule has 3 aromatic rings. The van der Waals surface area contributed by atoms with Crippen molar-refractivity contribution in [3.05, 3.63) is 59.4 Å². The highest BCUT2D eigenvalue weighted by Gasteiger charge is 2.34. The number of carbonyl (C=O) groups is 1. The molecule has 0 N–H and O–H groups in total. The molecule has 26 heavy (non-hydrogen) atoms. The summed E-state index contributed by atoms with van der Waals surface area (Å²) in [5.74, 6) is 1.66. The second-order valence-electron chi connectivity index (χ2n) is 6.07. The molecule has 0 unspecified atom stereocenters. The quantitative estimate of drug-likeness (QED) is 0.697. The summed E-state index contributed by atoms with van der Waals surface area (Å²) in [5, 5.41) is 4.71. The Hall–Kier alpha value is -2.86. The minimum atomic E-state index is -0.103. The van der Waals surface area contributed by atoms with Crippen LogP contribution in [0.25, 0.3) is 11.5 Å². The fourth-order valence-corrected chi connectivity index (χ4v) is 3.13. The van der Waals surface area contributed by atoms with Crippen LogP contribution in [0.1, 0.15) is 18.2 Å². The average molecular weight is 370 g/mol. The normalized spacial score (nSPS) is 16.9. The fraction of sp³-hybridized carbons (Fsp3) is 0.211. The summed E-state index contributed by atoms with van der Waals surface area (Å²) in [5.41, 5.74) is 1.63. The number of methoxy groups -OCH3 is 1. The monoisotopic (exact) mass is 369 g/mol. The van der Waals surface area contributed by atoms with Crippen LogP contribution in [0.2, 0.25) is 5.02 Å². The van der Waals surface area contributed by atoms with Crippen molar-refractivity contribution in [2.24, 2.45) is 0 Å². The Bertz CT molecular complexity index is 922. The lowest BCUT2D eigenvalue weighted by Gasteiger charge is -2.16. The molecule has 1 atom stereocenters. The summed E-state index contributed by atoms with van der Waals surface area (Å²) in [6.07, 6.45) is 0.351. The van der Waals surface area contributed by atoms with Gasteiger partial charge in [0.2, 0.25) is 5.91 Å². The lowest BCUT2D eigenvalue weighted by atomic mass is 10.1. The Balaban J connectivity index is 1.52. The highest BCUT2D eigenvalue weighted by Crippen LogP contribution is 2.32. The molecule has 132 valence electrons. The second-order valence-corrected chi connectivity index (χ2v) is 6.50. The first-order chi connectivity index (χ1) is 12.6. The highest BCUT2D eigenvalue weighted by atomic mass is 35.5. The zero-order chi connectivity index (χ0) is 18.1. The van der Waals surface area contributed by atoms with Crippen LogP contribution in [0, 0.1) is 0 Å². The van der Waals surface area contributed by atoms with E-state index in [-0.39, 0.29) is 11.8 Å². The molecule has 4 rings (SSSR count). The van der Waals surface area contributed by atoms with Crippen molar-refractivity contribution in [3.8, 4) is 17.2 Å². The first-order valence-electron chi connectivity index (χ1n) is 8.18. The Morgan fingerprint density at radius 1 is 1.15 bits per heavy atom. The zero-order valence-corrected chi connectivity index (χ0v) is 14.8. The number of anilines is 1. The Morgan fingerprint density at radius 2 is 1.88 bits per heavy atom. The van der Waals surface area contributed by atoms with Crippen molar-refractivity contribution in [3.63, 3.8) is 0 Å². The standard InChI is InChI=1S/C19H16ClN3O3/c1-25-16-8-2-12(3-9-16)19-21-18(22-26-19)13-10-17(24)23(11-13)15-6-4-14(20)5-7-15/h2-9,13H,10-11H2,1H3/t13-/m0/s1. The maximum atomic E-state index is 12.4. The van der Waals surface area contributed by atoms with Crippen molar-refractivity contribution in [2.45, 2.75) is 12.3 Å². The van der Waals surface area contributed by atoms with Gasteiger partial charge in [0.15, 0.2) is 5.82 Å². The largest absolute Gasteiger partial charge is 0.497 e. The molecule has 1 aliphatic rings. The van der Waals surface area contributed by atoms with E-state index in [0.29, 0.717) is 29.7 Å². The van der Waals surface area contributed by atoms with Gasteiger partial charge in [0.25, 0.3) is 5.89 Å². The number of rotatable bonds is 4. The SMILES string of the molecule is COc1ccc(-c2nc([C@H]3CC(=O)N(c4ccc(Cl)cc4)C3)no2)cc1. The van der Waals surface area contributed by atoms with Gasteiger partial charge in [-0.25, -0.2) is 0 Å². The minimum Gasteiger partial charge on any atom is -0.497 e. The third kappa shape index (κ3) is 3.15. The van der Waals surface area contributed by atoms with Crippen molar-refractivity contribution >= 4 is 23.2 Å². The predicted molar refractivity (Wildman–Crippen MR) is 97.4 cm³/mol. The van der Waals surface area contributed by atoms with E-state index < -0.39 is 0 Å². The van der Waals surface area contributed by atoms with Crippen molar-refractivity contribution in [1.82, 2.24) is 10.1 Å². The lowest BCUT2D eigenvalue weighted by molar-refractivity contribution is -0.117. The van der Waals surface area contributed by atoms with Crippen LogP contribution < -0.4 is 9.64 Å². The van der Waals surface area contributed by atoms with Gasteiger partial charge in [-0.05, 0) is 48.5 Å². The van der Waals surface area contributed by atoms with E-state index in [1.807, 2.05) is 36.4 Å². The zero-order valence-electron chi connectivity index (χ0n) is 14.1. The van der Waals surface area contributed by atoms with Crippen LogP contribution in [0.4, 0.5) is 5.69 Å². The van der Waals surface area contributed by atoms with Gasteiger partial charge in [0, 0.05) is 35.2 Å². The van der Waals surface area contributed by atoms with Gasteiger partial charge in [-0.2, -0.15) is 4.98 Å². The van der Waals surface area contributed by atoms with E-state index in [9.17, 15) is 4.79 Å². The van der Waals surface area contributed by atoms with Crippen molar-refractivity contribution in [2.75, 3.05) is 18.6 Å². The molecule has 1 saturated heterocycles. The van der Waals surface area contributed by atoms with Crippen LogP contribution in [-0.4, -0.2) is 29.7 Å². The van der Waals surface area contributed by atoms with E-state index in [4.69, 9.17) is 20.9 Å². The van der Waals surface area contributed by atoms with E-state index in [0.717, 1.165) is 17.0 Å². The van der Waals surface area contributed by atoms with Crippen LogP contribution in [-0.2, 0) is 4.79 Å². The molecule has 6 nitrogen and oxygen atoms in total. The number of carbonyl (C=O) groups excluding carboxylic acids is 1. The third-order valence-electron chi connectivity index (χ3n) is 4.41. The summed E-state index contributed by atoms with van der Waals surface area (Å²) in [4.78, 5) is 18.6. The summed E-state index contributed by atoms with van der Waals surface area (Å²) >= 11 is 5.92. The molecule has 0 aliphatic carbocycles.